The van der Waals surface area contributed by atoms with Crippen LogP contribution < -0.4 is 5.32 Å². The van der Waals surface area contributed by atoms with Gasteiger partial charge in [0.05, 0.1) is 0 Å². The molecule has 1 saturated heterocycles. The van der Waals surface area contributed by atoms with Gasteiger partial charge in [-0.2, -0.15) is 11.3 Å². The molecule has 0 amide bonds. The Balaban J connectivity index is 0.00000108. The molecule has 1 aromatic heterocycles. The van der Waals surface area contributed by atoms with E-state index in [0.29, 0.717) is 0 Å². The summed E-state index contributed by atoms with van der Waals surface area (Å²) in [5, 5.41) is 8.07. The van der Waals surface area contributed by atoms with E-state index < -0.39 is 0 Å². The van der Waals surface area contributed by atoms with E-state index in [9.17, 15) is 0 Å². The van der Waals surface area contributed by atoms with E-state index in [-0.39, 0.29) is 12.4 Å². The lowest BCUT2D eigenvalue weighted by molar-refractivity contribution is 0.314. The summed E-state index contributed by atoms with van der Waals surface area (Å²) in [7, 11) is 0. The highest BCUT2D eigenvalue weighted by molar-refractivity contribution is 7.07. The quantitative estimate of drug-likeness (QED) is 0.887. The summed E-state index contributed by atoms with van der Waals surface area (Å²) in [6.07, 6.45) is 4.28. The van der Waals surface area contributed by atoms with Gasteiger partial charge in [-0.05, 0) is 54.1 Å². The Morgan fingerprint density at radius 1 is 1.35 bits per heavy atom. The molecule has 1 saturated carbocycles. The van der Waals surface area contributed by atoms with Gasteiger partial charge in [0.15, 0.2) is 0 Å². The molecule has 1 aliphatic carbocycles. The van der Waals surface area contributed by atoms with Gasteiger partial charge in [0.25, 0.3) is 0 Å². The largest absolute Gasteiger partial charge is 0.309 e. The molecule has 0 bridgehead atoms. The predicted octanol–water partition coefficient (Wildman–Crippen LogP) is 2.74. The Kier molecular flexibility index (Phi) is 4.86. The molecular formula is C13H21ClN2S. The molecule has 0 spiro atoms. The van der Waals surface area contributed by atoms with E-state index in [0.717, 1.165) is 18.5 Å². The zero-order valence-corrected chi connectivity index (χ0v) is 11.7. The third-order valence-electron chi connectivity index (χ3n) is 3.66. The van der Waals surface area contributed by atoms with Gasteiger partial charge < -0.3 is 10.2 Å². The average molecular weight is 273 g/mol. The molecule has 2 aliphatic rings. The number of nitrogens with zero attached hydrogens (tertiary/aromatic N) is 1. The zero-order chi connectivity index (χ0) is 10.8. The number of likely N-dealkylation sites (tertiary alicyclic amines) is 1. The molecule has 2 heterocycles. The zero-order valence-electron chi connectivity index (χ0n) is 10.1. The highest BCUT2D eigenvalue weighted by atomic mass is 35.5. The first-order chi connectivity index (χ1) is 7.90. The van der Waals surface area contributed by atoms with E-state index in [4.69, 9.17) is 0 Å². The van der Waals surface area contributed by atoms with Crippen LogP contribution in [0.25, 0.3) is 0 Å². The number of hydrogen-bond donors (Lipinski definition) is 1. The summed E-state index contributed by atoms with van der Waals surface area (Å²) in [4.78, 5) is 2.64. The minimum Gasteiger partial charge on any atom is -0.309 e. The summed E-state index contributed by atoms with van der Waals surface area (Å²) in [6.45, 7) is 4.97. The van der Waals surface area contributed by atoms with Crippen LogP contribution in [0.5, 0.6) is 0 Å². The summed E-state index contributed by atoms with van der Waals surface area (Å²) in [6, 6.07) is 2.94. The topological polar surface area (TPSA) is 15.3 Å². The van der Waals surface area contributed by atoms with Crippen LogP contribution in [0.1, 0.15) is 24.8 Å². The van der Waals surface area contributed by atoms with E-state index >= 15 is 0 Å². The monoisotopic (exact) mass is 272 g/mol. The van der Waals surface area contributed by atoms with Crippen molar-refractivity contribution in [2.24, 2.45) is 5.92 Å². The fourth-order valence-electron chi connectivity index (χ4n) is 2.49. The second-order valence-electron chi connectivity index (χ2n) is 5.20. The molecule has 1 aliphatic heterocycles. The molecule has 2 fully saturated rings. The number of nitrogens with one attached hydrogen (secondary N) is 1. The van der Waals surface area contributed by atoms with Crippen molar-refractivity contribution in [1.29, 1.82) is 0 Å². The minimum absolute atomic E-state index is 0. The predicted molar refractivity (Wildman–Crippen MR) is 76.0 cm³/mol. The highest BCUT2D eigenvalue weighted by Gasteiger charge is 2.28. The van der Waals surface area contributed by atoms with Crippen LogP contribution in [-0.4, -0.2) is 30.6 Å². The molecule has 0 aromatic carbocycles. The van der Waals surface area contributed by atoms with Crippen LogP contribution in [-0.2, 0) is 6.54 Å². The van der Waals surface area contributed by atoms with Gasteiger partial charge in [0.1, 0.15) is 0 Å². The van der Waals surface area contributed by atoms with Crippen molar-refractivity contribution < 1.29 is 0 Å². The van der Waals surface area contributed by atoms with Crippen molar-refractivity contribution in [3.05, 3.63) is 22.4 Å². The lowest BCUT2D eigenvalue weighted by atomic mass is 10.2. The minimum atomic E-state index is 0. The first-order valence-corrected chi connectivity index (χ1v) is 7.31. The second kappa shape index (κ2) is 6.19. The molecule has 0 radical (unpaired) electrons. The fourth-order valence-corrected chi connectivity index (χ4v) is 3.15. The maximum Gasteiger partial charge on any atom is 0.0216 e. The molecule has 4 heteroatoms. The molecule has 1 unspecified atom stereocenters. The van der Waals surface area contributed by atoms with E-state index in [2.05, 4.69) is 27.0 Å². The van der Waals surface area contributed by atoms with Crippen LogP contribution in [0.15, 0.2) is 16.8 Å². The highest BCUT2D eigenvalue weighted by Crippen LogP contribution is 2.30. The lowest BCUT2D eigenvalue weighted by Gasteiger charge is -2.16. The van der Waals surface area contributed by atoms with Crippen LogP contribution in [0.3, 0.4) is 0 Å². The molecular weight excluding hydrogens is 252 g/mol. The number of thiophene rings is 1. The number of rotatable bonds is 5. The Hall–Kier alpha value is -0.0900. The van der Waals surface area contributed by atoms with Gasteiger partial charge in [-0.3, -0.25) is 0 Å². The molecule has 1 aromatic rings. The molecule has 1 N–H and O–H groups in total. The van der Waals surface area contributed by atoms with Gasteiger partial charge in [-0.15, -0.1) is 12.4 Å². The van der Waals surface area contributed by atoms with Crippen molar-refractivity contribution in [3.63, 3.8) is 0 Å². The van der Waals surface area contributed by atoms with Gasteiger partial charge in [0.2, 0.25) is 0 Å². The fraction of sp³-hybridized carbons (Fsp3) is 0.692. The van der Waals surface area contributed by atoms with Crippen LogP contribution in [0.2, 0.25) is 0 Å². The van der Waals surface area contributed by atoms with Gasteiger partial charge >= 0.3 is 0 Å². The van der Waals surface area contributed by atoms with Crippen LogP contribution >= 0.6 is 23.7 Å². The van der Waals surface area contributed by atoms with E-state index in [1.165, 1.54) is 44.5 Å². The molecule has 3 rings (SSSR count). The molecule has 2 nitrogen and oxygen atoms in total. The maximum absolute atomic E-state index is 3.67. The van der Waals surface area contributed by atoms with Crippen molar-refractivity contribution in [1.82, 2.24) is 10.2 Å². The van der Waals surface area contributed by atoms with Crippen molar-refractivity contribution in [2.45, 2.75) is 31.8 Å². The average Bonchev–Trinajstić information content (AvgIpc) is 2.81. The van der Waals surface area contributed by atoms with Gasteiger partial charge in [-0.25, -0.2) is 0 Å². The normalized spacial score (nSPS) is 24.8. The Labute approximate surface area is 114 Å². The third kappa shape index (κ3) is 3.95. The Bertz CT molecular complexity index is 324. The van der Waals surface area contributed by atoms with Crippen molar-refractivity contribution in [3.8, 4) is 0 Å². The van der Waals surface area contributed by atoms with Gasteiger partial charge in [-0.1, -0.05) is 0 Å². The smallest absolute Gasteiger partial charge is 0.0216 e. The van der Waals surface area contributed by atoms with Crippen molar-refractivity contribution in [2.75, 3.05) is 19.6 Å². The summed E-state index contributed by atoms with van der Waals surface area (Å²) in [5.74, 6) is 1.04. The summed E-state index contributed by atoms with van der Waals surface area (Å²) < 4.78 is 0. The number of halogens is 1. The molecule has 17 heavy (non-hydrogen) atoms. The van der Waals surface area contributed by atoms with Crippen LogP contribution in [0.4, 0.5) is 0 Å². The van der Waals surface area contributed by atoms with Crippen LogP contribution in [0, 0.1) is 5.92 Å². The maximum atomic E-state index is 3.67. The van der Waals surface area contributed by atoms with E-state index in [1.54, 1.807) is 11.3 Å². The SMILES string of the molecule is Cl.c1cc(CNC2CCN(CC3CC3)C2)cs1. The standard InChI is InChI=1S/C13H20N2S.ClH/c1-2-11(1)8-15-5-3-13(9-15)14-7-12-4-6-16-10-12;/h4,6,10-11,13-14H,1-3,5,7-9H2;1H. The van der Waals surface area contributed by atoms with Gasteiger partial charge in [0, 0.05) is 25.7 Å². The summed E-state index contributed by atoms with van der Waals surface area (Å²) >= 11 is 1.79. The van der Waals surface area contributed by atoms with E-state index in [1.807, 2.05) is 0 Å². The second-order valence-corrected chi connectivity index (χ2v) is 5.98. The first-order valence-electron chi connectivity index (χ1n) is 6.37. The third-order valence-corrected chi connectivity index (χ3v) is 4.39. The molecule has 1 atom stereocenters. The first kappa shape index (κ1) is 13.3. The Morgan fingerprint density at radius 2 is 2.24 bits per heavy atom. The number of hydrogen-bond acceptors (Lipinski definition) is 3. The lowest BCUT2D eigenvalue weighted by Crippen LogP contribution is -2.32. The Morgan fingerprint density at radius 3 is 2.94 bits per heavy atom. The molecule has 96 valence electrons. The summed E-state index contributed by atoms with van der Waals surface area (Å²) in [5.41, 5.74) is 1.44. The van der Waals surface area contributed by atoms with Crippen molar-refractivity contribution >= 4 is 23.7 Å².